The van der Waals surface area contributed by atoms with Crippen molar-refractivity contribution in [3.8, 4) is 5.75 Å². The number of nitrogens with zero attached hydrogens (tertiary/aromatic N) is 1. The van der Waals surface area contributed by atoms with Crippen LogP contribution in [0.2, 0.25) is 0 Å². The number of hydrogen-bond acceptors (Lipinski definition) is 4. The van der Waals surface area contributed by atoms with Gasteiger partial charge >= 0.3 is 6.36 Å². The van der Waals surface area contributed by atoms with Gasteiger partial charge in [0.1, 0.15) is 5.75 Å². The van der Waals surface area contributed by atoms with E-state index in [0.717, 1.165) is 43.8 Å². The summed E-state index contributed by atoms with van der Waals surface area (Å²) in [5, 5.41) is 2.73. The highest BCUT2D eigenvalue weighted by Gasteiger charge is 2.31. The molecule has 1 amide bonds. The quantitative estimate of drug-likeness (QED) is 0.814. The van der Waals surface area contributed by atoms with Crippen molar-refractivity contribution < 1.29 is 27.4 Å². The molecular weight excluding hydrogens is 373 g/mol. The van der Waals surface area contributed by atoms with E-state index in [1.165, 1.54) is 12.1 Å². The monoisotopic (exact) mass is 394 g/mol. The predicted molar refractivity (Wildman–Crippen MR) is 99.8 cm³/mol. The second-order valence-corrected chi connectivity index (χ2v) is 6.52. The number of piperidine rings is 1. The van der Waals surface area contributed by atoms with Crippen LogP contribution >= 0.6 is 0 Å². The molecule has 1 atom stereocenters. The van der Waals surface area contributed by atoms with Crippen LogP contribution < -0.4 is 15.0 Å². The van der Waals surface area contributed by atoms with Crippen molar-refractivity contribution in [2.24, 2.45) is 0 Å². The zero-order valence-corrected chi connectivity index (χ0v) is 15.3. The van der Waals surface area contributed by atoms with Crippen molar-refractivity contribution in [1.29, 1.82) is 0 Å². The average Bonchev–Trinajstić information content (AvgIpc) is 2.68. The SMILES string of the molecule is COC1CCCN(c2ccc(NC(=O)c3ccc(OC(F)(F)F)cc3)cc2)C1. The molecule has 0 aliphatic carbocycles. The molecule has 8 heteroatoms. The molecule has 1 fully saturated rings. The number of rotatable bonds is 5. The lowest BCUT2D eigenvalue weighted by Crippen LogP contribution is -2.39. The normalized spacial score (nSPS) is 17.3. The minimum absolute atomic E-state index is 0.220. The highest BCUT2D eigenvalue weighted by molar-refractivity contribution is 6.04. The molecule has 0 radical (unpaired) electrons. The number of halogens is 3. The molecule has 3 rings (SSSR count). The lowest BCUT2D eigenvalue weighted by molar-refractivity contribution is -0.274. The van der Waals surface area contributed by atoms with Crippen LogP contribution in [0, 0.1) is 0 Å². The topological polar surface area (TPSA) is 50.8 Å². The molecule has 5 nitrogen and oxygen atoms in total. The third-order valence-electron chi connectivity index (χ3n) is 4.55. The molecule has 1 aliphatic rings. The summed E-state index contributed by atoms with van der Waals surface area (Å²) < 4.78 is 45.8. The maximum atomic E-state index is 12.3. The van der Waals surface area contributed by atoms with E-state index in [2.05, 4.69) is 15.0 Å². The van der Waals surface area contributed by atoms with Crippen LogP contribution in [-0.4, -0.2) is 38.6 Å². The first-order valence-electron chi connectivity index (χ1n) is 8.89. The summed E-state index contributed by atoms with van der Waals surface area (Å²) in [5.41, 5.74) is 1.88. The van der Waals surface area contributed by atoms with Gasteiger partial charge in [-0.25, -0.2) is 0 Å². The van der Waals surface area contributed by atoms with Gasteiger partial charge in [-0.15, -0.1) is 13.2 Å². The van der Waals surface area contributed by atoms with Crippen molar-refractivity contribution in [2.45, 2.75) is 25.3 Å². The first-order valence-corrected chi connectivity index (χ1v) is 8.89. The first kappa shape index (κ1) is 20.0. The standard InChI is InChI=1S/C20H21F3N2O3/c1-27-18-3-2-12-25(13-18)16-8-6-15(7-9-16)24-19(26)14-4-10-17(11-5-14)28-20(21,22)23/h4-11,18H,2-3,12-13H2,1H3,(H,24,26). The summed E-state index contributed by atoms with van der Waals surface area (Å²) in [6.45, 7) is 1.78. The van der Waals surface area contributed by atoms with Crippen LogP contribution in [0.3, 0.4) is 0 Å². The maximum absolute atomic E-state index is 12.3. The van der Waals surface area contributed by atoms with Gasteiger partial charge in [-0.1, -0.05) is 0 Å². The van der Waals surface area contributed by atoms with E-state index >= 15 is 0 Å². The summed E-state index contributed by atoms with van der Waals surface area (Å²) in [6, 6.07) is 12.2. The van der Waals surface area contributed by atoms with Gasteiger partial charge in [-0.3, -0.25) is 4.79 Å². The summed E-state index contributed by atoms with van der Waals surface area (Å²) >= 11 is 0. The summed E-state index contributed by atoms with van der Waals surface area (Å²) in [6.07, 6.45) is -2.43. The zero-order chi connectivity index (χ0) is 20.1. The molecule has 28 heavy (non-hydrogen) atoms. The molecule has 0 aromatic heterocycles. The van der Waals surface area contributed by atoms with Crippen molar-refractivity contribution in [3.63, 3.8) is 0 Å². The smallest absolute Gasteiger partial charge is 0.406 e. The number of alkyl halides is 3. The van der Waals surface area contributed by atoms with Crippen LogP contribution in [0.5, 0.6) is 5.75 Å². The molecule has 2 aromatic rings. The first-order chi connectivity index (χ1) is 13.3. The fourth-order valence-electron chi connectivity index (χ4n) is 3.13. The Morgan fingerprint density at radius 1 is 1.11 bits per heavy atom. The predicted octanol–water partition coefficient (Wildman–Crippen LogP) is 4.45. The fourth-order valence-corrected chi connectivity index (χ4v) is 3.13. The number of carbonyl (C=O) groups excluding carboxylic acids is 1. The largest absolute Gasteiger partial charge is 0.573 e. The van der Waals surface area contributed by atoms with Gasteiger partial charge in [-0.05, 0) is 61.4 Å². The number of benzene rings is 2. The summed E-state index contributed by atoms with van der Waals surface area (Å²) in [4.78, 5) is 14.5. The Hall–Kier alpha value is -2.74. The minimum Gasteiger partial charge on any atom is -0.406 e. The van der Waals surface area contributed by atoms with E-state index in [1.54, 1.807) is 19.2 Å². The van der Waals surface area contributed by atoms with E-state index in [4.69, 9.17) is 4.74 Å². The third-order valence-corrected chi connectivity index (χ3v) is 4.55. The molecule has 150 valence electrons. The van der Waals surface area contributed by atoms with Gasteiger partial charge < -0.3 is 19.7 Å². The molecule has 1 unspecified atom stereocenters. The Kier molecular flexibility index (Phi) is 6.08. The van der Waals surface area contributed by atoms with Crippen LogP contribution in [0.1, 0.15) is 23.2 Å². The average molecular weight is 394 g/mol. The van der Waals surface area contributed by atoms with Gasteiger partial charge in [0.25, 0.3) is 5.91 Å². The lowest BCUT2D eigenvalue weighted by Gasteiger charge is -2.33. The third kappa shape index (κ3) is 5.39. The summed E-state index contributed by atoms with van der Waals surface area (Å²) in [7, 11) is 1.72. The van der Waals surface area contributed by atoms with Crippen molar-refractivity contribution in [1.82, 2.24) is 0 Å². The van der Waals surface area contributed by atoms with E-state index in [-0.39, 0.29) is 17.4 Å². The molecule has 0 bridgehead atoms. The van der Waals surface area contributed by atoms with E-state index in [9.17, 15) is 18.0 Å². The van der Waals surface area contributed by atoms with Crippen LogP contribution in [0.15, 0.2) is 48.5 Å². The number of ether oxygens (including phenoxy) is 2. The van der Waals surface area contributed by atoms with Gasteiger partial charge in [0.15, 0.2) is 0 Å². The Labute approximate surface area is 161 Å². The second kappa shape index (κ2) is 8.52. The second-order valence-electron chi connectivity index (χ2n) is 6.52. The molecule has 1 N–H and O–H groups in total. The van der Waals surface area contributed by atoms with Gasteiger partial charge in [0, 0.05) is 37.1 Å². The Morgan fingerprint density at radius 3 is 2.39 bits per heavy atom. The fraction of sp³-hybridized carbons (Fsp3) is 0.350. The number of methoxy groups -OCH3 is 1. The summed E-state index contributed by atoms with van der Waals surface area (Å²) in [5.74, 6) is -0.784. The van der Waals surface area contributed by atoms with E-state index in [0.29, 0.717) is 5.69 Å². The van der Waals surface area contributed by atoms with Crippen molar-refractivity contribution >= 4 is 17.3 Å². The van der Waals surface area contributed by atoms with E-state index in [1.807, 2.05) is 12.1 Å². The molecule has 1 aliphatic heterocycles. The number of hydrogen-bond donors (Lipinski definition) is 1. The number of anilines is 2. The number of amides is 1. The number of nitrogens with one attached hydrogen (secondary N) is 1. The lowest BCUT2D eigenvalue weighted by atomic mass is 10.1. The Bertz CT molecular complexity index is 792. The molecule has 0 saturated carbocycles. The zero-order valence-electron chi connectivity index (χ0n) is 15.3. The molecule has 1 heterocycles. The van der Waals surface area contributed by atoms with Crippen molar-refractivity contribution in [3.05, 3.63) is 54.1 Å². The van der Waals surface area contributed by atoms with Gasteiger partial charge in [0.05, 0.1) is 6.10 Å². The molecule has 1 saturated heterocycles. The van der Waals surface area contributed by atoms with Crippen LogP contribution in [-0.2, 0) is 4.74 Å². The van der Waals surface area contributed by atoms with Crippen LogP contribution in [0.25, 0.3) is 0 Å². The van der Waals surface area contributed by atoms with Crippen molar-refractivity contribution in [2.75, 3.05) is 30.4 Å². The molecule has 0 spiro atoms. The maximum Gasteiger partial charge on any atom is 0.573 e. The van der Waals surface area contributed by atoms with E-state index < -0.39 is 12.3 Å². The highest BCUT2D eigenvalue weighted by atomic mass is 19.4. The Morgan fingerprint density at radius 2 is 1.79 bits per heavy atom. The molecular formula is C20H21F3N2O3. The Balaban J connectivity index is 1.60. The van der Waals surface area contributed by atoms with Crippen LogP contribution in [0.4, 0.5) is 24.5 Å². The highest BCUT2D eigenvalue weighted by Crippen LogP contribution is 2.25. The minimum atomic E-state index is -4.76. The number of carbonyl (C=O) groups is 1. The van der Waals surface area contributed by atoms with Gasteiger partial charge in [0.2, 0.25) is 0 Å². The van der Waals surface area contributed by atoms with Gasteiger partial charge in [-0.2, -0.15) is 0 Å². The molecule has 2 aromatic carbocycles.